The molecule has 0 fully saturated rings. The number of H-pyrrole nitrogens is 1. The van der Waals surface area contributed by atoms with Gasteiger partial charge in [-0.15, -0.1) is 0 Å². The number of nitrogens with one attached hydrogen (secondary N) is 1. The summed E-state index contributed by atoms with van der Waals surface area (Å²) in [4.78, 5) is 7.37. The highest BCUT2D eigenvalue weighted by Crippen LogP contribution is 2.31. The Hall–Kier alpha value is -2.81. The van der Waals surface area contributed by atoms with E-state index in [0.29, 0.717) is 5.82 Å². The van der Waals surface area contributed by atoms with Gasteiger partial charge in [0.25, 0.3) is 0 Å². The Morgan fingerprint density at radius 3 is 2.85 bits per heavy atom. The molecular weight excluding hydrogens is 246 g/mol. The van der Waals surface area contributed by atoms with Gasteiger partial charge in [0.15, 0.2) is 0 Å². The molecule has 96 valence electrons. The van der Waals surface area contributed by atoms with Crippen LogP contribution in [0, 0.1) is 0 Å². The van der Waals surface area contributed by atoms with Gasteiger partial charge in [-0.05, 0) is 46.2 Å². The van der Waals surface area contributed by atoms with Gasteiger partial charge in [-0.1, -0.05) is 24.3 Å². The second-order valence-electron chi connectivity index (χ2n) is 4.88. The molecule has 0 bridgehead atoms. The molecule has 0 saturated carbocycles. The van der Waals surface area contributed by atoms with Crippen molar-refractivity contribution in [2.24, 2.45) is 0 Å². The van der Waals surface area contributed by atoms with Gasteiger partial charge in [0, 0.05) is 23.3 Å². The lowest BCUT2D eigenvalue weighted by molar-refractivity contribution is 1.37. The topological polar surface area (TPSA) is 54.7 Å². The highest BCUT2D eigenvalue weighted by molar-refractivity contribution is 6.02. The molecule has 2 aromatic carbocycles. The molecule has 0 spiro atoms. The molecule has 2 aromatic heterocycles. The minimum atomic E-state index is 0.576. The Bertz CT molecular complexity index is 922. The number of fused-ring (bicyclic) bond motifs is 2. The van der Waals surface area contributed by atoms with Crippen molar-refractivity contribution < 1.29 is 0 Å². The number of aromatic amines is 1. The monoisotopic (exact) mass is 259 g/mol. The first-order chi connectivity index (χ1) is 9.83. The first kappa shape index (κ1) is 11.1. The van der Waals surface area contributed by atoms with Gasteiger partial charge in [0.05, 0.1) is 0 Å². The lowest BCUT2D eigenvalue weighted by Gasteiger charge is -2.08. The van der Waals surface area contributed by atoms with Crippen LogP contribution in [-0.4, -0.2) is 9.97 Å². The fourth-order valence-corrected chi connectivity index (χ4v) is 2.70. The lowest BCUT2D eigenvalue weighted by Crippen LogP contribution is -1.91. The summed E-state index contributed by atoms with van der Waals surface area (Å²) < 4.78 is 0. The van der Waals surface area contributed by atoms with E-state index >= 15 is 0 Å². The van der Waals surface area contributed by atoms with Crippen molar-refractivity contribution in [1.29, 1.82) is 0 Å². The van der Waals surface area contributed by atoms with Gasteiger partial charge < -0.3 is 10.7 Å². The van der Waals surface area contributed by atoms with Crippen molar-refractivity contribution in [3.05, 3.63) is 60.9 Å². The normalized spacial score (nSPS) is 11.2. The highest BCUT2D eigenvalue weighted by Gasteiger charge is 2.06. The highest BCUT2D eigenvalue weighted by atomic mass is 14.8. The van der Waals surface area contributed by atoms with E-state index < -0.39 is 0 Å². The van der Waals surface area contributed by atoms with Crippen LogP contribution in [0.4, 0.5) is 5.82 Å². The van der Waals surface area contributed by atoms with E-state index in [1.165, 1.54) is 16.5 Å². The van der Waals surface area contributed by atoms with E-state index in [1.807, 2.05) is 24.4 Å². The number of rotatable bonds is 1. The van der Waals surface area contributed by atoms with Crippen molar-refractivity contribution in [2.75, 3.05) is 5.73 Å². The Labute approximate surface area is 116 Å². The van der Waals surface area contributed by atoms with E-state index in [0.717, 1.165) is 16.3 Å². The van der Waals surface area contributed by atoms with Gasteiger partial charge in [-0.3, -0.25) is 0 Å². The molecule has 3 N–H and O–H groups in total. The summed E-state index contributed by atoms with van der Waals surface area (Å²) in [6.07, 6.45) is 3.72. The minimum Gasteiger partial charge on any atom is -0.383 e. The number of benzene rings is 2. The number of aromatic nitrogens is 2. The van der Waals surface area contributed by atoms with E-state index in [2.05, 4.69) is 40.3 Å². The van der Waals surface area contributed by atoms with Crippen LogP contribution in [0.5, 0.6) is 0 Å². The third-order valence-electron chi connectivity index (χ3n) is 3.70. The maximum absolute atomic E-state index is 5.96. The zero-order valence-corrected chi connectivity index (χ0v) is 10.8. The quantitative estimate of drug-likeness (QED) is 0.543. The molecule has 2 heterocycles. The Morgan fingerprint density at radius 2 is 1.90 bits per heavy atom. The third kappa shape index (κ3) is 1.57. The van der Waals surface area contributed by atoms with E-state index in [4.69, 9.17) is 5.73 Å². The van der Waals surface area contributed by atoms with Crippen LogP contribution in [0.2, 0.25) is 0 Å². The third-order valence-corrected chi connectivity index (χ3v) is 3.70. The summed E-state index contributed by atoms with van der Waals surface area (Å²) in [5, 5.41) is 3.34. The molecule has 3 heteroatoms. The second kappa shape index (κ2) is 4.10. The molecule has 4 rings (SSSR count). The molecule has 3 nitrogen and oxygen atoms in total. The SMILES string of the molecule is Nc1nccc2c(-c3ccc4[nH]ccc4c3)cccc12. The average molecular weight is 259 g/mol. The maximum atomic E-state index is 5.96. The molecule has 0 radical (unpaired) electrons. The number of anilines is 1. The van der Waals surface area contributed by atoms with E-state index in [-0.39, 0.29) is 0 Å². The van der Waals surface area contributed by atoms with Gasteiger partial charge in [0.2, 0.25) is 0 Å². The van der Waals surface area contributed by atoms with Crippen LogP contribution in [0.25, 0.3) is 32.8 Å². The zero-order valence-electron chi connectivity index (χ0n) is 10.8. The summed E-state index contributed by atoms with van der Waals surface area (Å²) in [6, 6.07) is 16.7. The minimum absolute atomic E-state index is 0.576. The summed E-state index contributed by atoms with van der Waals surface area (Å²) in [5.74, 6) is 0.576. The summed E-state index contributed by atoms with van der Waals surface area (Å²) in [6.45, 7) is 0. The zero-order chi connectivity index (χ0) is 13.5. The van der Waals surface area contributed by atoms with Crippen molar-refractivity contribution in [1.82, 2.24) is 9.97 Å². The van der Waals surface area contributed by atoms with Crippen molar-refractivity contribution >= 4 is 27.5 Å². The molecular formula is C17H13N3. The van der Waals surface area contributed by atoms with Crippen LogP contribution in [0.3, 0.4) is 0 Å². The molecule has 0 amide bonds. The number of pyridine rings is 1. The van der Waals surface area contributed by atoms with Gasteiger partial charge in [-0.25, -0.2) is 4.98 Å². The maximum Gasteiger partial charge on any atom is 0.131 e. The largest absolute Gasteiger partial charge is 0.383 e. The van der Waals surface area contributed by atoms with Gasteiger partial charge >= 0.3 is 0 Å². The first-order valence-electron chi connectivity index (χ1n) is 6.54. The Kier molecular flexibility index (Phi) is 2.27. The second-order valence-corrected chi connectivity index (χ2v) is 4.88. The molecule has 0 aliphatic heterocycles. The van der Waals surface area contributed by atoms with Crippen LogP contribution in [0.1, 0.15) is 0 Å². The number of nitrogens with two attached hydrogens (primary N) is 1. The molecule has 20 heavy (non-hydrogen) atoms. The Morgan fingerprint density at radius 1 is 0.950 bits per heavy atom. The molecule has 0 unspecified atom stereocenters. The first-order valence-corrected chi connectivity index (χ1v) is 6.54. The fraction of sp³-hybridized carbons (Fsp3) is 0. The van der Waals surface area contributed by atoms with E-state index in [1.54, 1.807) is 6.20 Å². The summed E-state index contributed by atoms with van der Waals surface area (Å²) in [5.41, 5.74) is 9.48. The lowest BCUT2D eigenvalue weighted by atomic mass is 9.98. The fourth-order valence-electron chi connectivity index (χ4n) is 2.70. The van der Waals surface area contributed by atoms with Gasteiger partial charge in [0.1, 0.15) is 5.82 Å². The summed E-state index contributed by atoms with van der Waals surface area (Å²) in [7, 11) is 0. The molecule has 4 aromatic rings. The number of nitrogens with zero attached hydrogens (tertiary/aromatic N) is 1. The summed E-state index contributed by atoms with van der Waals surface area (Å²) >= 11 is 0. The average Bonchev–Trinajstić information content (AvgIpc) is 2.94. The van der Waals surface area contributed by atoms with Gasteiger partial charge in [-0.2, -0.15) is 0 Å². The molecule has 0 aliphatic carbocycles. The van der Waals surface area contributed by atoms with E-state index in [9.17, 15) is 0 Å². The van der Waals surface area contributed by atoms with Crippen molar-refractivity contribution in [2.45, 2.75) is 0 Å². The predicted octanol–water partition coefficient (Wildman–Crippen LogP) is 3.97. The number of hydrogen-bond donors (Lipinski definition) is 2. The van der Waals surface area contributed by atoms with Crippen LogP contribution >= 0.6 is 0 Å². The molecule has 0 saturated heterocycles. The van der Waals surface area contributed by atoms with Crippen LogP contribution < -0.4 is 5.73 Å². The smallest absolute Gasteiger partial charge is 0.131 e. The standard InChI is InChI=1S/C17H13N3/c18-17-15-3-1-2-13(14(15)7-9-20-17)11-4-5-16-12(10-11)6-8-19-16/h1-10,19H,(H2,18,20). The van der Waals surface area contributed by atoms with Crippen molar-refractivity contribution in [3.63, 3.8) is 0 Å². The van der Waals surface area contributed by atoms with Crippen LogP contribution in [-0.2, 0) is 0 Å². The van der Waals surface area contributed by atoms with Crippen LogP contribution in [0.15, 0.2) is 60.9 Å². The molecule has 0 aliphatic rings. The number of nitrogen functional groups attached to an aromatic ring is 1. The number of hydrogen-bond acceptors (Lipinski definition) is 2. The predicted molar refractivity (Wildman–Crippen MR) is 83.4 cm³/mol. The Balaban J connectivity index is 2.04. The van der Waals surface area contributed by atoms with Crippen molar-refractivity contribution in [3.8, 4) is 11.1 Å². The molecule has 0 atom stereocenters.